The van der Waals surface area contributed by atoms with E-state index in [2.05, 4.69) is 17.1 Å². The van der Waals surface area contributed by atoms with Crippen molar-refractivity contribution in [3.8, 4) is 0 Å². The first-order valence-electron chi connectivity index (χ1n) is 5.18. The summed E-state index contributed by atoms with van der Waals surface area (Å²) in [6, 6.07) is 10.2. The summed E-state index contributed by atoms with van der Waals surface area (Å²) in [5.41, 5.74) is 1.30. The molecule has 0 aliphatic heterocycles. The lowest BCUT2D eigenvalue weighted by molar-refractivity contribution is -0.183. The number of unbranched alkanes of at least 4 members (excludes halogenated alkanes) is 2. The fourth-order valence-electron chi connectivity index (χ4n) is 1.46. The maximum atomic E-state index is 11.3. The zero-order valence-electron chi connectivity index (χ0n) is 8.62. The lowest BCUT2D eigenvalue weighted by Crippen LogP contribution is -1.96. The lowest BCUT2D eigenvalue weighted by Gasteiger charge is -2.00. The Labute approximate surface area is 89.0 Å². The van der Waals surface area contributed by atoms with E-state index in [0.717, 1.165) is 19.3 Å². The molecule has 1 rings (SSSR count). The van der Waals surface area contributed by atoms with Gasteiger partial charge in [0.1, 0.15) is 0 Å². The molecule has 0 amide bonds. The Morgan fingerprint density at radius 1 is 1.13 bits per heavy atom. The average Bonchev–Trinajstić information content (AvgIpc) is 2.29. The normalized spacial score (nSPS) is 9.93. The number of hydrogen-bond acceptors (Lipinski definition) is 2. The van der Waals surface area contributed by atoms with Crippen molar-refractivity contribution in [1.29, 1.82) is 0 Å². The molecule has 0 aromatic heterocycles. The maximum Gasteiger partial charge on any atom is 0.348 e. The summed E-state index contributed by atoms with van der Waals surface area (Å²) < 4.78 is 11.3. The Morgan fingerprint density at radius 2 is 1.87 bits per heavy atom. The van der Waals surface area contributed by atoms with Crippen LogP contribution in [0.3, 0.4) is 0 Å². The third kappa shape index (κ3) is 5.15. The number of hydrogen-bond donors (Lipinski definition) is 0. The molecule has 0 radical (unpaired) electrons. The zero-order valence-corrected chi connectivity index (χ0v) is 8.62. The highest BCUT2D eigenvalue weighted by Crippen LogP contribution is 2.07. The fraction of sp³-hybridized carbons (Fsp3) is 0.417. The highest BCUT2D eigenvalue weighted by molar-refractivity contribution is 5.68. The average molecular weight is 210 g/mol. The second-order valence-corrected chi connectivity index (χ2v) is 3.50. The predicted octanol–water partition coefficient (Wildman–Crippen LogP) is 3.22. The van der Waals surface area contributed by atoms with E-state index in [-0.39, 0.29) is 6.42 Å². The van der Waals surface area contributed by atoms with Crippen LogP contribution in [-0.4, -0.2) is 5.97 Å². The first kappa shape index (κ1) is 11.7. The van der Waals surface area contributed by atoms with E-state index in [4.69, 9.17) is 0 Å². The SMILES string of the molecule is O=C(CCCCCc1ccccc1)OF. The van der Waals surface area contributed by atoms with Gasteiger partial charge in [0.2, 0.25) is 0 Å². The van der Waals surface area contributed by atoms with E-state index in [1.54, 1.807) is 0 Å². The molecule has 0 aliphatic rings. The van der Waals surface area contributed by atoms with Crippen LogP contribution < -0.4 is 0 Å². The molecule has 2 nitrogen and oxygen atoms in total. The van der Waals surface area contributed by atoms with Gasteiger partial charge in [-0.15, -0.1) is 0 Å². The molecular formula is C12H15FO2. The molecule has 0 saturated carbocycles. The van der Waals surface area contributed by atoms with Gasteiger partial charge in [-0.05, 0) is 24.8 Å². The van der Waals surface area contributed by atoms with Crippen LogP contribution in [0.5, 0.6) is 0 Å². The highest BCUT2D eigenvalue weighted by Gasteiger charge is 2.01. The van der Waals surface area contributed by atoms with Crippen molar-refractivity contribution < 1.29 is 14.3 Å². The third-order valence-electron chi connectivity index (χ3n) is 2.28. The first-order valence-corrected chi connectivity index (χ1v) is 5.18. The molecule has 0 spiro atoms. The van der Waals surface area contributed by atoms with Crippen molar-refractivity contribution in [2.24, 2.45) is 0 Å². The minimum atomic E-state index is -0.769. The van der Waals surface area contributed by atoms with Gasteiger partial charge >= 0.3 is 5.97 Å². The van der Waals surface area contributed by atoms with Gasteiger partial charge in [-0.1, -0.05) is 36.8 Å². The topological polar surface area (TPSA) is 26.3 Å². The first-order chi connectivity index (χ1) is 7.33. The molecule has 0 bridgehead atoms. The Hall–Kier alpha value is -1.38. The fourth-order valence-corrected chi connectivity index (χ4v) is 1.46. The summed E-state index contributed by atoms with van der Waals surface area (Å²) >= 11 is 0. The van der Waals surface area contributed by atoms with Gasteiger partial charge in [-0.25, -0.2) is 4.79 Å². The molecule has 0 heterocycles. The van der Waals surface area contributed by atoms with Crippen molar-refractivity contribution >= 4 is 5.97 Å². The van der Waals surface area contributed by atoms with Gasteiger partial charge in [0, 0.05) is 10.9 Å². The number of carbonyl (C=O) groups excluding carboxylic acids is 1. The van der Waals surface area contributed by atoms with Crippen LogP contribution in [0, 0.1) is 0 Å². The van der Waals surface area contributed by atoms with Crippen LogP contribution in [0.25, 0.3) is 0 Å². The predicted molar refractivity (Wildman–Crippen MR) is 55.8 cm³/mol. The van der Waals surface area contributed by atoms with Gasteiger partial charge in [0.25, 0.3) is 0 Å². The Kier molecular flexibility index (Phi) is 5.44. The molecule has 3 heteroatoms. The van der Waals surface area contributed by atoms with E-state index in [1.807, 2.05) is 18.2 Å². The van der Waals surface area contributed by atoms with Crippen molar-refractivity contribution in [3.05, 3.63) is 35.9 Å². The van der Waals surface area contributed by atoms with E-state index in [0.29, 0.717) is 6.42 Å². The van der Waals surface area contributed by atoms with Crippen molar-refractivity contribution in [2.45, 2.75) is 32.1 Å². The van der Waals surface area contributed by atoms with Gasteiger partial charge in [-0.2, -0.15) is 0 Å². The molecule has 0 saturated heterocycles. The summed E-state index contributed by atoms with van der Waals surface area (Å²) in [7, 11) is 0. The molecule has 0 N–H and O–H groups in total. The van der Waals surface area contributed by atoms with Gasteiger partial charge in [0.05, 0.1) is 0 Å². The number of aryl methyl sites for hydroxylation is 1. The molecule has 82 valence electrons. The molecule has 0 aliphatic carbocycles. The smallest absolute Gasteiger partial charge is 0.255 e. The molecule has 15 heavy (non-hydrogen) atoms. The van der Waals surface area contributed by atoms with E-state index in [9.17, 15) is 9.32 Å². The summed E-state index contributed by atoms with van der Waals surface area (Å²) in [6.07, 6.45) is 3.81. The van der Waals surface area contributed by atoms with Crippen LogP contribution in [0.4, 0.5) is 4.53 Å². The van der Waals surface area contributed by atoms with Gasteiger partial charge in [0.15, 0.2) is 0 Å². The largest absolute Gasteiger partial charge is 0.348 e. The quantitative estimate of drug-likeness (QED) is 0.674. The molecular weight excluding hydrogens is 195 g/mol. The Morgan fingerprint density at radius 3 is 2.53 bits per heavy atom. The number of carbonyl (C=O) groups is 1. The van der Waals surface area contributed by atoms with Crippen molar-refractivity contribution in [2.75, 3.05) is 0 Å². The van der Waals surface area contributed by atoms with E-state index < -0.39 is 5.97 Å². The second-order valence-electron chi connectivity index (χ2n) is 3.50. The van der Waals surface area contributed by atoms with Crippen LogP contribution in [0.1, 0.15) is 31.2 Å². The third-order valence-corrected chi connectivity index (χ3v) is 2.28. The summed E-state index contributed by atoms with van der Waals surface area (Å²) in [5.74, 6) is -0.769. The zero-order chi connectivity index (χ0) is 10.9. The van der Waals surface area contributed by atoms with E-state index in [1.165, 1.54) is 5.56 Å². The highest BCUT2D eigenvalue weighted by atomic mass is 19.3. The summed E-state index contributed by atoms with van der Waals surface area (Å²) in [4.78, 5) is 13.5. The van der Waals surface area contributed by atoms with Crippen molar-refractivity contribution in [1.82, 2.24) is 0 Å². The molecule has 1 aromatic carbocycles. The second kappa shape index (κ2) is 6.98. The minimum Gasteiger partial charge on any atom is -0.255 e. The lowest BCUT2D eigenvalue weighted by atomic mass is 10.1. The van der Waals surface area contributed by atoms with Crippen LogP contribution in [0.15, 0.2) is 30.3 Å². The molecule has 0 atom stereocenters. The standard InChI is InChI=1S/C12H15FO2/c13-15-12(14)10-6-2-5-9-11-7-3-1-4-8-11/h1,3-4,7-8H,2,5-6,9-10H2. The minimum absolute atomic E-state index is 0.172. The number of halogens is 1. The van der Waals surface area contributed by atoms with Gasteiger partial charge in [-0.3, -0.25) is 4.94 Å². The van der Waals surface area contributed by atoms with Crippen molar-refractivity contribution in [3.63, 3.8) is 0 Å². The molecule has 0 fully saturated rings. The van der Waals surface area contributed by atoms with Crippen LogP contribution in [0.2, 0.25) is 0 Å². The van der Waals surface area contributed by atoms with Crippen LogP contribution >= 0.6 is 0 Å². The Balaban J connectivity index is 2.05. The van der Waals surface area contributed by atoms with E-state index >= 15 is 0 Å². The monoisotopic (exact) mass is 210 g/mol. The maximum absolute atomic E-state index is 11.3. The number of benzene rings is 1. The number of rotatable bonds is 6. The Bertz CT molecular complexity index is 285. The summed E-state index contributed by atoms with van der Waals surface area (Å²) in [6.45, 7) is 0. The summed E-state index contributed by atoms with van der Waals surface area (Å²) in [5, 5.41) is 0. The van der Waals surface area contributed by atoms with Crippen LogP contribution in [-0.2, 0) is 16.2 Å². The van der Waals surface area contributed by atoms with Gasteiger partial charge < -0.3 is 0 Å². The molecule has 0 unspecified atom stereocenters. The molecule has 1 aromatic rings.